The Bertz CT molecular complexity index is 345. The zero-order valence-electron chi connectivity index (χ0n) is 9.50. The lowest BCUT2D eigenvalue weighted by molar-refractivity contribution is 0.387. The molecule has 0 aliphatic rings. The summed E-state index contributed by atoms with van der Waals surface area (Å²) in [7, 11) is 1.54. The van der Waals surface area contributed by atoms with Crippen molar-refractivity contribution in [3.8, 4) is 17.2 Å². The quantitative estimate of drug-likeness (QED) is 0.803. The van der Waals surface area contributed by atoms with Crippen molar-refractivity contribution in [1.29, 1.82) is 0 Å². The van der Waals surface area contributed by atoms with Gasteiger partial charge in [0.15, 0.2) is 0 Å². The van der Waals surface area contributed by atoms with Gasteiger partial charge in [0, 0.05) is 17.2 Å². The van der Waals surface area contributed by atoms with Crippen LogP contribution in [0.25, 0.3) is 0 Å². The minimum atomic E-state index is 0.0737. The summed E-state index contributed by atoms with van der Waals surface area (Å²) >= 11 is 0. The van der Waals surface area contributed by atoms with Gasteiger partial charge in [0.25, 0.3) is 0 Å². The zero-order chi connectivity index (χ0) is 11.4. The van der Waals surface area contributed by atoms with Crippen molar-refractivity contribution in [2.75, 3.05) is 7.11 Å². The van der Waals surface area contributed by atoms with Crippen LogP contribution in [0.4, 0.5) is 0 Å². The maximum atomic E-state index is 9.88. The second-order valence-corrected chi connectivity index (χ2v) is 3.65. The highest BCUT2D eigenvalue weighted by atomic mass is 16.5. The summed E-state index contributed by atoms with van der Waals surface area (Å²) in [5.74, 6) is 0.786. The Morgan fingerprint density at radius 1 is 1.33 bits per heavy atom. The fourth-order valence-electron chi connectivity index (χ4n) is 1.56. The average Bonchev–Trinajstić information content (AvgIpc) is 2.24. The van der Waals surface area contributed by atoms with Crippen LogP contribution in [0.5, 0.6) is 17.2 Å². The van der Waals surface area contributed by atoms with Gasteiger partial charge in [0.2, 0.25) is 0 Å². The first-order chi connectivity index (χ1) is 7.11. The molecule has 1 aromatic rings. The molecule has 0 saturated heterocycles. The maximum Gasteiger partial charge on any atom is 0.129 e. The molecule has 0 aliphatic carbocycles. The number of ether oxygens (including phenoxy) is 1. The van der Waals surface area contributed by atoms with Crippen LogP contribution < -0.4 is 4.74 Å². The third-order valence-electron chi connectivity index (χ3n) is 2.59. The molecule has 0 fully saturated rings. The lowest BCUT2D eigenvalue weighted by Crippen LogP contribution is -1.95. The van der Waals surface area contributed by atoms with Crippen molar-refractivity contribution in [2.24, 2.45) is 0 Å². The molecule has 1 aromatic carbocycles. The van der Waals surface area contributed by atoms with Crippen molar-refractivity contribution in [1.82, 2.24) is 0 Å². The fourth-order valence-corrected chi connectivity index (χ4v) is 1.56. The molecule has 1 rings (SSSR count). The second kappa shape index (κ2) is 4.91. The van der Waals surface area contributed by atoms with Crippen molar-refractivity contribution in [2.45, 2.75) is 33.1 Å². The number of phenols is 2. The molecule has 0 aliphatic heterocycles. The van der Waals surface area contributed by atoms with Gasteiger partial charge in [-0.2, -0.15) is 0 Å². The summed E-state index contributed by atoms with van der Waals surface area (Å²) in [5.41, 5.74) is 1.30. The first-order valence-corrected chi connectivity index (χ1v) is 5.20. The van der Waals surface area contributed by atoms with E-state index in [1.165, 1.54) is 0 Å². The van der Waals surface area contributed by atoms with E-state index in [4.69, 9.17) is 4.74 Å². The number of benzene rings is 1. The van der Waals surface area contributed by atoms with Crippen molar-refractivity contribution >= 4 is 0 Å². The summed E-state index contributed by atoms with van der Waals surface area (Å²) in [6.07, 6.45) is 2.82. The molecule has 0 amide bonds. The van der Waals surface area contributed by atoms with E-state index in [-0.39, 0.29) is 11.5 Å². The van der Waals surface area contributed by atoms with E-state index in [0.717, 1.165) is 24.8 Å². The molecule has 3 nitrogen and oxygen atoms in total. The van der Waals surface area contributed by atoms with Gasteiger partial charge in [-0.1, -0.05) is 13.3 Å². The van der Waals surface area contributed by atoms with Crippen molar-refractivity contribution < 1.29 is 14.9 Å². The van der Waals surface area contributed by atoms with Gasteiger partial charge in [0.1, 0.15) is 17.2 Å². The number of methoxy groups -OCH3 is 1. The van der Waals surface area contributed by atoms with Gasteiger partial charge in [-0.05, 0) is 19.8 Å². The molecule has 0 aromatic heterocycles. The molecule has 0 heterocycles. The number of unbranched alkanes of at least 4 members (excludes halogenated alkanes) is 1. The highest BCUT2D eigenvalue weighted by molar-refractivity contribution is 5.55. The molecule has 2 N–H and O–H groups in total. The minimum absolute atomic E-state index is 0.0737. The Morgan fingerprint density at radius 2 is 2.00 bits per heavy atom. The van der Waals surface area contributed by atoms with Crippen LogP contribution in [0.15, 0.2) is 6.07 Å². The summed E-state index contributed by atoms with van der Waals surface area (Å²) in [4.78, 5) is 0. The van der Waals surface area contributed by atoms with Gasteiger partial charge >= 0.3 is 0 Å². The van der Waals surface area contributed by atoms with Crippen LogP contribution in [0.3, 0.4) is 0 Å². The molecule has 3 heteroatoms. The van der Waals surface area contributed by atoms with Crippen molar-refractivity contribution in [3.63, 3.8) is 0 Å². The van der Waals surface area contributed by atoms with Gasteiger partial charge < -0.3 is 14.9 Å². The number of rotatable bonds is 4. The average molecular weight is 210 g/mol. The molecular weight excluding hydrogens is 192 g/mol. The van der Waals surface area contributed by atoms with Gasteiger partial charge in [-0.25, -0.2) is 0 Å². The third kappa shape index (κ3) is 2.35. The van der Waals surface area contributed by atoms with Crippen molar-refractivity contribution in [3.05, 3.63) is 17.2 Å². The fraction of sp³-hybridized carbons (Fsp3) is 0.500. The zero-order valence-corrected chi connectivity index (χ0v) is 9.50. The summed E-state index contributed by atoms with van der Waals surface area (Å²) in [6, 6.07) is 1.56. The van der Waals surface area contributed by atoms with Gasteiger partial charge in [-0.15, -0.1) is 0 Å². The normalized spacial score (nSPS) is 10.3. The van der Waals surface area contributed by atoms with E-state index in [9.17, 15) is 10.2 Å². The van der Waals surface area contributed by atoms with E-state index in [2.05, 4.69) is 6.92 Å². The van der Waals surface area contributed by atoms with E-state index in [1.54, 1.807) is 20.1 Å². The summed E-state index contributed by atoms with van der Waals surface area (Å²) < 4.78 is 5.14. The van der Waals surface area contributed by atoms with Gasteiger partial charge in [0.05, 0.1) is 7.11 Å². The highest BCUT2D eigenvalue weighted by Crippen LogP contribution is 2.37. The SMILES string of the molecule is CCCCc1c(OC)cc(O)c(C)c1O. The number of hydrogen-bond acceptors (Lipinski definition) is 3. The lowest BCUT2D eigenvalue weighted by atomic mass is 10.0. The molecule has 84 valence electrons. The Balaban J connectivity index is 3.15. The van der Waals surface area contributed by atoms with Crippen LogP contribution >= 0.6 is 0 Å². The number of phenolic OH excluding ortho intramolecular Hbond substituents is 2. The van der Waals surface area contributed by atoms with Crippen LogP contribution in [-0.4, -0.2) is 17.3 Å². The first kappa shape index (κ1) is 11.7. The molecule has 0 atom stereocenters. The number of aromatic hydroxyl groups is 2. The predicted octanol–water partition coefficient (Wildman–Crippen LogP) is 2.76. The molecular formula is C12H18O3. The van der Waals surface area contributed by atoms with Crippen LogP contribution in [-0.2, 0) is 6.42 Å². The second-order valence-electron chi connectivity index (χ2n) is 3.65. The third-order valence-corrected chi connectivity index (χ3v) is 2.59. The van der Waals surface area contributed by atoms with Crippen LogP contribution in [0, 0.1) is 6.92 Å². The topological polar surface area (TPSA) is 49.7 Å². The van der Waals surface area contributed by atoms with Crippen LogP contribution in [0.1, 0.15) is 30.9 Å². The van der Waals surface area contributed by atoms with Gasteiger partial charge in [-0.3, -0.25) is 0 Å². The largest absolute Gasteiger partial charge is 0.507 e. The molecule has 0 unspecified atom stereocenters. The lowest BCUT2D eigenvalue weighted by Gasteiger charge is -2.13. The minimum Gasteiger partial charge on any atom is -0.507 e. The standard InChI is InChI=1S/C12H18O3/c1-4-5-6-9-11(15-3)7-10(13)8(2)12(9)14/h7,13-14H,4-6H2,1-3H3. The van der Waals surface area contributed by atoms with E-state index in [1.807, 2.05) is 0 Å². The molecule has 0 spiro atoms. The molecule has 0 bridgehead atoms. The Hall–Kier alpha value is -1.38. The highest BCUT2D eigenvalue weighted by Gasteiger charge is 2.14. The predicted molar refractivity (Wildman–Crippen MR) is 59.7 cm³/mol. The summed E-state index contributed by atoms with van der Waals surface area (Å²) in [5, 5.41) is 19.4. The van der Waals surface area contributed by atoms with E-state index < -0.39 is 0 Å². The molecule has 0 saturated carbocycles. The molecule has 15 heavy (non-hydrogen) atoms. The first-order valence-electron chi connectivity index (χ1n) is 5.20. The monoisotopic (exact) mass is 210 g/mol. The Kier molecular flexibility index (Phi) is 3.83. The Labute approximate surface area is 90.3 Å². The van der Waals surface area contributed by atoms with E-state index >= 15 is 0 Å². The van der Waals surface area contributed by atoms with Crippen LogP contribution in [0.2, 0.25) is 0 Å². The smallest absolute Gasteiger partial charge is 0.129 e. The maximum absolute atomic E-state index is 9.88. The summed E-state index contributed by atoms with van der Waals surface area (Å²) in [6.45, 7) is 3.79. The Morgan fingerprint density at radius 3 is 2.53 bits per heavy atom. The number of hydrogen-bond donors (Lipinski definition) is 2. The molecule has 0 radical (unpaired) electrons. The van der Waals surface area contributed by atoms with E-state index in [0.29, 0.717) is 11.3 Å².